The Morgan fingerprint density at radius 3 is 2.02 bits per heavy atom. The Labute approximate surface area is 256 Å². The first-order valence-electron chi connectivity index (χ1n) is 13.7. The molecule has 0 aliphatic rings. The summed E-state index contributed by atoms with van der Waals surface area (Å²) in [5.74, 6) is -3.90. The van der Waals surface area contributed by atoms with E-state index in [1.807, 2.05) is 0 Å². The predicted molar refractivity (Wildman–Crippen MR) is 151 cm³/mol. The van der Waals surface area contributed by atoms with E-state index in [1.165, 1.54) is 19.2 Å². The van der Waals surface area contributed by atoms with Gasteiger partial charge in [0.25, 0.3) is 11.8 Å². The monoisotopic (exact) mass is 637 g/mol. The molecule has 16 heteroatoms. The molecule has 3 N–H and O–H groups in total. The third-order valence-corrected chi connectivity index (χ3v) is 6.69. The maximum Gasteiger partial charge on any atom is 0.416 e. The zero-order valence-corrected chi connectivity index (χ0v) is 25.3. The van der Waals surface area contributed by atoms with Crippen molar-refractivity contribution in [2.45, 2.75) is 58.6 Å². The minimum Gasteiger partial charge on any atom is -0.467 e. The third kappa shape index (κ3) is 8.47. The highest BCUT2D eigenvalue weighted by molar-refractivity contribution is 5.97. The van der Waals surface area contributed by atoms with Gasteiger partial charge in [-0.15, -0.1) is 0 Å². The lowest BCUT2D eigenvalue weighted by Crippen LogP contribution is -2.46. The number of halogens is 3. The fourth-order valence-corrected chi connectivity index (χ4v) is 4.15. The van der Waals surface area contributed by atoms with Gasteiger partial charge in [-0.2, -0.15) is 18.3 Å². The first-order valence-corrected chi connectivity index (χ1v) is 13.7. The average Bonchev–Trinajstić information content (AvgIpc) is 3.65. The lowest BCUT2D eigenvalue weighted by Gasteiger charge is -2.20. The van der Waals surface area contributed by atoms with Crippen molar-refractivity contribution in [2.24, 2.45) is 11.8 Å². The summed E-state index contributed by atoms with van der Waals surface area (Å²) in [6.45, 7) is 5.63. The molecule has 3 rings (SSSR count). The summed E-state index contributed by atoms with van der Waals surface area (Å²) in [5.41, 5.74) is 0.373. The molecule has 2 unspecified atom stereocenters. The van der Waals surface area contributed by atoms with E-state index in [0.29, 0.717) is 15.8 Å². The number of benzene rings is 1. The van der Waals surface area contributed by atoms with Crippen LogP contribution in [0.25, 0.3) is 22.7 Å². The molecule has 0 fully saturated rings. The zero-order chi connectivity index (χ0) is 33.6. The Balaban J connectivity index is 1.95. The molecule has 0 bridgehead atoms. The Hall–Kier alpha value is -4.73. The maximum absolute atomic E-state index is 13.2. The summed E-state index contributed by atoms with van der Waals surface area (Å²) < 4.78 is 55.4. The second-order valence-corrected chi connectivity index (χ2v) is 10.7. The average molecular weight is 638 g/mol. The summed E-state index contributed by atoms with van der Waals surface area (Å²) in [6, 6.07) is 5.40. The molecule has 2 heterocycles. The fraction of sp³-hybridized carbons (Fsp3) is 0.448. The molecule has 0 saturated heterocycles. The number of methoxy groups -OCH3 is 2. The number of ether oxygens (including phenoxy) is 2. The van der Waals surface area contributed by atoms with Crippen LogP contribution in [0.3, 0.4) is 0 Å². The molecule has 0 saturated carbocycles. The smallest absolute Gasteiger partial charge is 0.416 e. The Morgan fingerprint density at radius 1 is 0.933 bits per heavy atom. The predicted octanol–water partition coefficient (Wildman–Crippen LogP) is 2.98. The number of aromatic nitrogens is 3. The molecular weight excluding hydrogens is 603 g/mol. The quantitative estimate of drug-likeness (QED) is 0.251. The number of nitrogens with zero attached hydrogens (tertiary/aromatic N) is 3. The summed E-state index contributed by atoms with van der Waals surface area (Å²) in [7, 11) is 2.33. The van der Waals surface area contributed by atoms with E-state index in [2.05, 4.69) is 20.7 Å². The highest BCUT2D eigenvalue weighted by Gasteiger charge is 2.39. The number of hydrogen-bond donors (Lipinski definition) is 3. The van der Waals surface area contributed by atoms with Gasteiger partial charge in [0.15, 0.2) is 6.10 Å². The largest absolute Gasteiger partial charge is 0.467 e. The molecule has 3 atom stereocenters. The number of rotatable bonds is 12. The van der Waals surface area contributed by atoms with Crippen molar-refractivity contribution in [1.82, 2.24) is 25.4 Å². The number of hydrogen-bond acceptors (Lipinski definition) is 10. The number of carbonyl (C=O) groups is 4. The molecule has 3 aromatic rings. The SMILES string of the molecule is COC(=O)C(NC(=O)c1cc(-c2cccc(-c3ncc(C(=O)N[C@H](C(=O)OC)C(C)C)o3)c2)nn1CC(O)C(F)(F)F)C(C)C. The molecule has 1 aromatic carbocycles. The Morgan fingerprint density at radius 2 is 1.49 bits per heavy atom. The van der Waals surface area contributed by atoms with Crippen LogP contribution in [-0.4, -0.2) is 82.2 Å². The number of alkyl halides is 3. The van der Waals surface area contributed by atoms with Crippen LogP contribution in [0.5, 0.6) is 0 Å². The molecule has 45 heavy (non-hydrogen) atoms. The fourth-order valence-electron chi connectivity index (χ4n) is 4.15. The molecule has 0 spiro atoms. The van der Waals surface area contributed by atoms with Crippen molar-refractivity contribution < 1.29 is 51.3 Å². The van der Waals surface area contributed by atoms with Crippen molar-refractivity contribution in [3.8, 4) is 22.7 Å². The van der Waals surface area contributed by atoms with Crippen LogP contribution in [-0.2, 0) is 25.6 Å². The number of oxazole rings is 1. The zero-order valence-electron chi connectivity index (χ0n) is 25.3. The van der Waals surface area contributed by atoms with E-state index in [-0.39, 0.29) is 29.0 Å². The van der Waals surface area contributed by atoms with Crippen LogP contribution in [0.15, 0.2) is 40.9 Å². The summed E-state index contributed by atoms with van der Waals surface area (Å²) in [5, 5.41) is 18.8. The standard InChI is InChI=1S/C29H34F3N5O8/c1-14(2)22(27(41)43-5)34-24(39)19-11-18(36-37(19)13-21(38)29(30,31)32)16-8-7-9-17(10-16)26-33-12-20(45-26)25(40)35-23(15(3)4)28(42)44-6/h7-12,14-15,21-23,38H,13H2,1-6H3,(H,34,39)(H,35,40)/t21?,22?,23-/m0/s1. The first-order chi connectivity index (χ1) is 21.1. The number of aliphatic hydroxyl groups is 1. The summed E-state index contributed by atoms with van der Waals surface area (Å²) >= 11 is 0. The van der Waals surface area contributed by atoms with Crippen molar-refractivity contribution in [1.29, 1.82) is 0 Å². The second kappa shape index (κ2) is 14.4. The van der Waals surface area contributed by atoms with Crippen LogP contribution >= 0.6 is 0 Å². The number of aliphatic hydroxyl groups excluding tert-OH is 1. The van der Waals surface area contributed by atoms with E-state index in [4.69, 9.17) is 13.9 Å². The molecule has 13 nitrogen and oxygen atoms in total. The van der Waals surface area contributed by atoms with Gasteiger partial charge in [0.2, 0.25) is 11.7 Å². The number of nitrogens with one attached hydrogen (secondary N) is 2. The molecule has 2 aromatic heterocycles. The summed E-state index contributed by atoms with van der Waals surface area (Å²) in [6.07, 6.45) is -6.67. The van der Waals surface area contributed by atoms with Gasteiger partial charge in [-0.1, -0.05) is 39.8 Å². The van der Waals surface area contributed by atoms with Crippen molar-refractivity contribution >= 4 is 23.8 Å². The van der Waals surface area contributed by atoms with E-state index in [1.54, 1.807) is 45.9 Å². The van der Waals surface area contributed by atoms with E-state index in [0.717, 1.165) is 13.3 Å². The number of carbonyl (C=O) groups excluding carboxylic acids is 4. The van der Waals surface area contributed by atoms with E-state index >= 15 is 0 Å². The molecular formula is C29H34F3N5O8. The topological polar surface area (TPSA) is 175 Å². The van der Waals surface area contributed by atoms with E-state index < -0.39 is 60.6 Å². The minimum absolute atomic E-state index is 0.00362. The lowest BCUT2D eigenvalue weighted by molar-refractivity contribution is -0.208. The van der Waals surface area contributed by atoms with Crippen LogP contribution in [0, 0.1) is 11.8 Å². The van der Waals surface area contributed by atoms with E-state index in [9.17, 15) is 37.5 Å². The molecule has 244 valence electrons. The van der Waals surface area contributed by atoms with Crippen molar-refractivity contribution in [3.05, 3.63) is 48.0 Å². The molecule has 0 radical (unpaired) electrons. The lowest BCUT2D eigenvalue weighted by atomic mass is 10.0. The second-order valence-electron chi connectivity index (χ2n) is 10.7. The molecule has 0 aliphatic carbocycles. The normalized spacial score (nSPS) is 13.7. The molecule has 2 amide bonds. The van der Waals surface area contributed by atoms with Gasteiger partial charge in [0.1, 0.15) is 17.8 Å². The Kier molecular flexibility index (Phi) is 11.1. The van der Waals surface area contributed by atoms with Gasteiger partial charge < -0.3 is 29.6 Å². The van der Waals surface area contributed by atoms with Crippen molar-refractivity contribution in [2.75, 3.05) is 14.2 Å². The minimum atomic E-state index is -4.99. The van der Waals surface area contributed by atoms with Gasteiger partial charge in [-0.3, -0.25) is 14.3 Å². The van der Waals surface area contributed by atoms with Gasteiger partial charge in [0, 0.05) is 11.1 Å². The van der Waals surface area contributed by atoms with Gasteiger partial charge in [-0.05, 0) is 30.0 Å². The van der Waals surface area contributed by atoms with Crippen molar-refractivity contribution in [3.63, 3.8) is 0 Å². The highest BCUT2D eigenvalue weighted by atomic mass is 19.4. The highest BCUT2D eigenvalue weighted by Crippen LogP contribution is 2.28. The number of esters is 2. The number of amides is 2. The van der Waals surface area contributed by atoms with Gasteiger partial charge in [0.05, 0.1) is 32.7 Å². The van der Waals surface area contributed by atoms with Crippen LogP contribution in [0.4, 0.5) is 13.2 Å². The molecule has 0 aliphatic heterocycles. The third-order valence-electron chi connectivity index (χ3n) is 6.69. The summed E-state index contributed by atoms with van der Waals surface area (Å²) in [4.78, 5) is 54.2. The maximum atomic E-state index is 13.2. The van der Waals surface area contributed by atoms with Crippen LogP contribution < -0.4 is 10.6 Å². The first kappa shape index (κ1) is 34.8. The van der Waals surface area contributed by atoms with Gasteiger partial charge in [-0.25, -0.2) is 14.6 Å². The Bertz CT molecular complexity index is 1530. The van der Waals surface area contributed by atoms with Gasteiger partial charge >= 0.3 is 18.1 Å². The van der Waals surface area contributed by atoms with Crippen LogP contribution in [0.1, 0.15) is 48.7 Å². The van der Waals surface area contributed by atoms with Crippen LogP contribution in [0.2, 0.25) is 0 Å².